The van der Waals surface area contributed by atoms with Crippen LogP contribution in [0.5, 0.6) is 0 Å². The Labute approximate surface area is 187 Å². The van der Waals surface area contributed by atoms with Crippen LogP contribution in [-0.2, 0) is 14.3 Å². The Kier molecular flexibility index (Phi) is 6.31. The maximum absolute atomic E-state index is 13.1. The van der Waals surface area contributed by atoms with Gasteiger partial charge in [-0.2, -0.15) is 0 Å². The zero-order valence-corrected chi connectivity index (χ0v) is 17.8. The number of ether oxygens (including phenoxy) is 1. The molecule has 0 radical (unpaired) electrons. The molecule has 1 aromatic heterocycles. The Hall–Kier alpha value is -3.92. The number of nitrogens with zero attached hydrogens (tertiary/aromatic N) is 3. The molecule has 1 aliphatic rings. The largest absolute Gasteiger partial charge is 0.469 e. The van der Waals surface area contributed by atoms with E-state index in [1.807, 2.05) is 24.3 Å². The van der Waals surface area contributed by atoms with Crippen LogP contribution in [0.2, 0.25) is 0 Å². The summed E-state index contributed by atoms with van der Waals surface area (Å²) in [7, 11) is 1.28. The van der Waals surface area contributed by atoms with Gasteiger partial charge in [-0.1, -0.05) is 48.2 Å². The van der Waals surface area contributed by atoms with E-state index in [1.165, 1.54) is 18.3 Å². The van der Waals surface area contributed by atoms with Crippen molar-refractivity contribution in [1.82, 2.24) is 9.97 Å². The first-order valence-electron chi connectivity index (χ1n) is 9.67. The van der Waals surface area contributed by atoms with Crippen molar-refractivity contribution >= 4 is 51.9 Å². The van der Waals surface area contributed by atoms with E-state index in [1.54, 1.807) is 36.4 Å². The Morgan fingerprint density at radius 2 is 1.84 bits per heavy atom. The first kappa shape index (κ1) is 21.3. The maximum Gasteiger partial charge on any atom is 0.307 e. The summed E-state index contributed by atoms with van der Waals surface area (Å²) in [6.45, 7) is 0. The number of amides is 2. The van der Waals surface area contributed by atoms with E-state index in [2.05, 4.69) is 20.3 Å². The number of benzene rings is 2. The summed E-state index contributed by atoms with van der Waals surface area (Å²) in [6.07, 6.45) is 1.27. The second kappa shape index (κ2) is 9.48. The number of carbonyl (C=O) groups excluding carboxylic acids is 3. The topological polar surface area (TPSA) is 117 Å². The number of esters is 1. The van der Waals surface area contributed by atoms with E-state index in [4.69, 9.17) is 4.74 Å². The van der Waals surface area contributed by atoms with Crippen LogP contribution in [0.1, 0.15) is 16.9 Å². The number of hydrogen-bond donors (Lipinski definition) is 2. The number of thioether (sulfide) groups is 1. The number of nitrogens with one attached hydrogen (secondary N) is 2. The number of amidine groups is 1. The van der Waals surface area contributed by atoms with Crippen molar-refractivity contribution in [2.75, 3.05) is 17.3 Å². The highest BCUT2D eigenvalue weighted by atomic mass is 32.2. The summed E-state index contributed by atoms with van der Waals surface area (Å²) in [5, 5.41) is 2.40. The van der Waals surface area contributed by atoms with Crippen molar-refractivity contribution < 1.29 is 19.1 Å². The van der Waals surface area contributed by atoms with Gasteiger partial charge in [0.05, 0.1) is 25.5 Å². The third-order valence-corrected chi connectivity index (χ3v) is 5.75. The van der Waals surface area contributed by atoms with Gasteiger partial charge in [0.2, 0.25) is 5.91 Å². The molecule has 0 bridgehead atoms. The molecule has 1 aliphatic heterocycles. The summed E-state index contributed by atoms with van der Waals surface area (Å²) < 4.78 is 4.72. The highest BCUT2D eigenvalue weighted by Crippen LogP contribution is 2.35. The number of H-pyrrole nitrogens is 1. The lowest BCUT2D eigenvalue weighted by Crippen LogP contribution is -2.32. The van der Waals surface area contributed by atoms with E-state index in [0.29, 0.717) is 16.5 Å². The van der Waals surface area contributed by atoms with Gasteiger partial charge in [-0.25, -0.2) is 9.98 Å². The lowest BCUT2D eigenvalue weighted by molar-refractivity contribution is -0.141. The molecule has 2 heterocycles. The normalized spacial score (nSPS) is 16.9. The van der Waals surface area contributed by atoms with Gasteiger partial charge in [-0.3, -0.25) is 19.3 Å². The first-order valence-corrected chi connectivity index (χ1v) is 10.6. The monoisotopic (exact) mass is 449 g/mol. The van der Waals surface area contributed by atoms with Crippen molar-refractivity contribution in [3.63, 3.8) is 0 Å². The third-order valence-electron chi connectivity index (χ3n) is 4.61. The second-order valence-corrected chi connectivity index (χ2v) is 7.88. The predicted molar refractivity (Wildman–Crippen MR) is 122 cm³/mol. The summed E-state index contributed by atoms with van der Waals surface area (Å²) in [6, 6.07) is 18.0. The number of aromatic nitrogens is 2. The highest BCUT2D eigenvalue weighted by molar-refractivity contribution is 8.16. The quantitative estimate of drug-likeness (QED) is 0.558. The number of anilines is 2. The number of methoxy groups -OCH3 is 1. The van der Waals surface area contributed by atoms with Crippen LogP contribution in [0, 0.1) is 0 Å². The molecular weight excluding hydrogens is 430 g/mol. The average molecular weight is 449 g/mol. The summed E-state index contributed by atoms with van der Waals surface area (Å²) >= 11 is 1.13. The second-order valence-electron chi connectivity index (χ2n) is 6.71. The smallest absolute Gasteiger partial charge is 0.307 e. The molecule has 2 N–H and O–H groups in total. The molecule has 0 aliphatic carbocycles. The van der Waals surface area contributed by atoms with Crippen molar-refractivity contribution in [3.05, 3.63) is 72.7 Å². The Morgan fingerprint density at radius 1 is 1.16 bits per heavy atom. The molecule has 1 atom stereocenters. The van der Waals surface area contributed by atoms with Crippen LogP contribution in [0.15, 0.2) is 72.0 Å². The van der Waals surface area contributed by atoms with E-state index in [-0.39, 0.29) is 23.8 Å². The average Bonchev–Trinajstić information content (AvgIpc) is 3.39. The van der Waals surface area contributed by atoms with Gasteiger partial charge in [-0.05, 0) is 24.3 Å². The molecule has 0 spiro atoms. The molecule has 1 unspecified atom stereocenters. The predicted octanol–water partition coefficient (Wildman–Crippen LogP) is 3.36. The minimum atomic E-state index is -0.693. The lowest BCUT2D eigenvalue weighted by Gasteiger charge is -2.16. The minimum absolute atomic E-state index is 0.0930. The molecule has 1 fully saturated rings. The number of para-hydroxylation sites is 2. The van der Waals surface area contributed by atoms with Gasteiger partial charge in [0.25, 0.3) is 5.91 Å². The van der Waals surface area contributed by atoms with Gasteiger partial charge < -0.3 is 15.0 Å². The molecule has 2 aromatic carbocycles. The molecule has 1 saturated heterocycles. The SMILES string of the molecule is COC(=O)CC1SC(=Nc2nc[nH]c2C(=O)Nc2ccccc2)N(c2ccccc2)C1=O. The van der Waals surface area contributed by atoms with Gasteiger partial charge in [0.15, 0.2) is 16.7 Å². The van der Waals surface area contributed by atoms with Crippen LogP contribution in [-0.4, -0.2) is 45.3 Å². The number of carbonyl (C=O) groups is 3. The van der Waals surface area contributed by atoms with Crippen LogP contribution in [0.25, 0.3) is 0 Å². The van der Waals surface area contributed by atoms with Gasteiger partial charge in [0, 0.05) is 5.69 Å². The standard InChI is InChI=1S/C22H19N5O4S/c1-31-17(28)12-16-21(30)27(15-10-6-3-7-11-15)22(32-16)26-19-18(23-13-24-19)20(29)25-14-8-4-2-5-9-14/h2-11,13,16H,12H2,1H3,(H,23,24)(H,25,29). The number of aliphatic imine (C=N–C) groups is 1. The summed E-state index contributed by atoms with van der Waals surface area (Å²) in [5.41, 5.74) is 1.38. The molecule has 4 rings (SSSR count). The lowest BCUT2D eigenvalue weighted by atomic mass is 10.2. The molecule has 10 heteroatoms. The Bertz CT molecular complexity index is 1160. The van der Waals surface area contributed by atoms with Crippen LogP contribution >= 0.6 is 11.8 Å². The molecule has 9 nitrogen and oxygen atoms in total. The number of rotatable bonds is 6. The van der Waals surface area contributed by atoms with Crippen molar-refractivity contribution in [2.24, 2.45) is 4.99 Å². The molecule has 0 saturated carbocycles. The fourth-order valence-electron chi connectivity index (χ4n) is 3.07. The van der Waals surface area contributed by atoms with Crippen molar-refractivity contribution in [2.45, 2.75) is 11.7 Å². The summed E-state index contributed by atoms with van der Waals surface area (Å²) in [4.78, 5) is 50.5. The van der Waals surface area contributed by atoms with E-state index in [9.17, 15) is 14.4 Å². The van der Waals surface area contributed by atoms with E-state index < -0.39 is 17.1 Å². The van der Waals surface area contributed by atoms with Gasteiger partial charge in [0.1, 0.15) is 5.25 Å². The minimum Gasteiger partial charge on any atom is -0.469 e. The van der Waals surface area contributed by atoms with Crippen LogP contribution in [0.4, 0.5) is 17.2 Å². The Balaban J connectivity index is 1.65. The maximum atomic E-state index is 13.1. The highest BCUT2D eigenvalue weighted by Gasteiger charge is 2.40. The third kappa shape index (κ3) is 4.54. The van der Waals surface area contributed by atoms with Crippen molar-refractivity contribution in [1.29, 1.82) is 0 Å². The van der Waals surface area contributed by atoms with Gasteiger partial charge >= 0.3 is 5.97 Å². The number of hydrogen-bond acceptors (Lipinski definition) is 7. The Morgan fingerprint density at radius 3 is 2.53 bits per heavy atom. The fraction of sp³-hybridized carbons (Fsp3) is 0.136. The van der Waals surface area contributed by atoms with Crippen molar-refractivity contribution in [3.8, 4) is 0 Å². The molecule has 2 amide bonds. The van der Waals surface area contributed by atoms with Gasteiger partial charge in [-0.15, -0.1) is 0 Å². The van der Waals surface area contributed by atoms with Crippen LogP contribution < -0.4 is 10.2 Å². The zero-order chi connectivity index (χ0) is 22.5. The van der Waals surface area contributed by atoms with Crippen LogP contribution in [0.3, 0.4) is 0 Å². The molecule has 162 valence electrons. The molecule has 3 aromatic rings. The van der Waals surface area contributed by atoms with E-state index in [0.717, 1.165) is 11.8 Å². The van der Waals surface area contributed by atoms with E-state index >= 15 is 0 Å². The zero-order valence-electron chi connectivity index (χ0n) is 17.0. The first-order chi connectivity index (χ1) is 15.6. The summed E-state index contributed by atoms with van der Waals surface area (Å²) in [5.74, 6) is -1.07. The number of aromatic amines is 1. The molecular formula is C22H19N5O4S. The fourth-order valence-corrected chi connectivity index (χ4v) is 4.19. The molecule has 32 heavy (non-hydrogen) atoms. The number of imidazole rings is 1.